The molecule has 3 unspecified atom stereocenters. The molecule has 0 aromatic heterocycles. The Kier molecular flexibility index (Phi) is 7.16. The van der Waals surface area contributed by atoms with Crippen molar-refractivity contribution in [2.24, 2.45) is 5.92 Å². The average molecular weight is 494 g/mol. The Bertz CT molecular complexity index is 1110. The molecule has 5 rings (SSSR count). The Labute approximate surface area is 210 Å². The Morgan fingerprint density at radius 1 is 1.00 bits per heavy atom. The predicted molar refractivity (Wildman–Crippen MR) is 131 cm³/mol. The van der Waals surface area contributed by atoms with E-state index in [2.05, 4.69) is 5.32 Å². The van der Waals surface area contributed by atoms with Gasteiger partial charge < -0.3 is 5.32 Å². The summed E-state index contributed by atoms with van der Waals surface area (Å²) in [5.74, 6) is -1.71. The number of benzene rings is 2. The lowest BCUT2D eigenvalue weighted by atomic mass is 9.90. The molecule has 1 saturated carbocycles. The summed E-state index contributed by atoms with van der Waals surface area (Å²) in [4.78, 5) is 47.2. The van der Waals surface area contributed by atoms with Gasteiger partial charge in [0.05, 0.1) is 12.0 Å². The third-order valence-corrected chi connectivity index (χ3v) is 7.54. The van der Waals surface area contributed by atoms with Crippen LogP contribution in [0.1, 0.15) is 54.8 Å². The fraction of sp³-hybridized carbons (Fsp3) is 0.464. The van der Waals surface area contributed by atoms with E-state index in [0.29, 0.717) is 13.0 Å². The molecule has 2 aliphatic heterocycles. The van der Waals surface area contributed by atoms with Crippen molar-refractivity contribution in [3.8, 4) is 0 Å². The minimum Gasteiger partial charge on any atom is -0.355 e. The molecule has 0 spiro atoms. The maximum absolute atomic E-state index is 13.6. The van der Waals surface area contributed by atoms with Gasteiger partial charge >= 0.3 is 0 Å². The first-order valence-corrected chi connectivity index (χ1v) is 12.8. The normalized spacial score (nSPS) is 24.8. The topological polar surface area (TPSA) is 79.0 Å². The zero-order chi connectivity index (χ0) is 25.2. The first-order chi connectivity index (χ1) is 17.4. The molecule has 3 amide bonds. The van der Waals surface area contributed by atoms with Gasteiger partial charge in [-0.2, -0.15) is 5.06 Å². The molecular weight excluding hydrogens is 461 g/mol. The van der Waals surface area contributed by atoms with Gasteiger partial charge in [-0.1, -0.05) is 61.2 Å². The van der Waals surface area contributed by atoms with Crippen molar-refractivity contribution in [3.63, 3.8) is 0 Å². The maximum atomic E-state index is 13.6. The Hall–Kier alpha value is -3.10. The highest BCUT2D eigenvalue weighted by Gasteiger charge is 2.60. The molecule has 0 radical (unpaired) electrons. The molecule has 3 atom stereocenters. The number of nitrogens with zero attached hydrogens (tertiary/aromatic N) is 2. The lowest BCUT2D eigenvalue weighted by molar-refractivity contribution is -0.183. The Morgan fingerprint density at radius 3 is 2.39 bits per heavy atom. The molecule has 1 aliphatic carbocycles. The van der Waals surface area contributed by atoms with Crippen LogP contribution in [0, 0.1) is 18.7 Å². The second-order valence-electron chi connectivity index (χ2n) is 10.0. The monoisotopic (exact) mass is 493 g/mol. The van der Waals surface area contributed by atoms with Crippen LogP contribution in [0.15, 0.2) is 48.5 Å². The maximum Gasteiger partial charge on any atom is 0.261 e. The largest absolute Gasteiger partial charge is 0.355 e. The van der Waals surface area contributed by atoms with Gasteiger partial charge in [0, 0.05) is 12.6 Å². The predicted octanol–water partition coefficient (Wildman–Crippen LogP) is 3.47. The SMILES string of the molecule is Cc1ccc(C2C3C(=O)N(C4CCCCC4)C(=O)C3ON2CC(=O)NCCc2ccc(F)cc2)cc1. The van der Waals surface area contributed by atoms with Crippen LogP contribution >= 0.6 is 0 Å². The number of carbonyl (C=O) groups excluding carboxylic acids is 3. The smallest absolute Gasteiger partial charge is 0.261 e. The number of hydrogen-bond acceptors (Lipinski definition) is 5. The summed E-state index contributed by atoms with van der Waals surface area (Å²) >= 11 is 0. The second-order valence-corrected chi connectivity index (χ2v) is 10.0. The van der Waals surface area contributed by atoms with Gasteiger partial charge in [0.1, 0.15) is 12.4 Å². The van der Waals surface area contributed by atoms with Crippen LogP contribution in [-0.4, -0.2) is 52.9 Å². The van der Waals surface area contributed by atoms with Crippen LogP contribution in [-0.2, 0) is 25.6 Å². The molecule has 2 saturated heterocycles. The molecule has 1 N–H and O–H groups in total. The molecule has 2 aromatic rings. The highest BCUT2D eigenvalue weighted by atomic mass is 19.1. The highest BCUT2D eigenvalue weighted by molar-refractivity contribution is 6.07. The van der Waals surface area contributed by atoms with E-state index in [1.54, 1.807) is 12.1 Å². The summed E-state index contributed by atoms with van der Waals surface area (Å²) in [6.07, 6.45) is 4.50. The van der Waals surface area contributed by atoms with Crippen LogP contribution in [0.3, 0.4) is 0 Å². The molecule has 7 nitrogen and oxygen atoms in total. The summed E-state index contributed by atoms with van der Waals surface area (Å²) in [5.41, 5.74) is 2.84. The summed E-state index contributed by atoms with van der Waals surface area (Å²) in [7, 11) is 0. The number of imide groups is 1. The van der Waals surface area contributed by atoms with Crippen molar-refractivity contribution in [1.29, 1.82) is 0 Å². The number of likely N-dealkylation sites (tertiary alicyclic amines) is 1. The minimum atomic E-state index is -0.905. The number of hydrogen-bond donors (Lipinski definition) is 1. The molecule has 3 fully saturated rings. The fourth-order valence-corrected chi connectivity index (χ4v) is 5.66. The number of rotatable bonds is 7. The molecule has 36 heavy (non-hydrogen) atoms. The van der Waals surface area contributed by atoms with E-state index < -0.39 is 18.1 Å². The summed E-state index contributed by atoms with van der Waals surface area (Å²) in [5, 5.41) is 4.37. The summed E-state index contributed by atoms with van der Waals surface area (Å²) < 4.78 is 13.1. The quantitative estimate of drug-likeness (QED) is 0.598. The zero-order valence-corrected chi connectivity index (χ0v) is 20.5. The number of carbonyl (C=O) groups is 3. The number of nitrogens with one attached hydrogen (secondary N) is 1. The van der Waals surface area contributed by atoms with Crippen LogP contribution in [0.2, 0.25) is 0 Å². The highest BCUT2D eigenvalue weighted by Crippen LogP contribution is 2.45. The van der Waals surface area contributed by atoms with Crippen molar-refractivity contribution in [2.75, 3.05) is 13.1 Å². The Morgan fingerprint density at radius 2 is 1.69 bits per heavy atom. The number of fused-ring (bicyclic) bond motifs is 1. The van der Waals surface area contributed by atoms with Gasteiger partial charge in [0.25, 0.3) is 5.91 Å². The zero-order valence-electron chi connectivity index (χ0n) is 20.5. The Balaban J connectivity index is 1.30. The standard InChI is InChI=1S/C28H32FN3O4/c1-18-7-11-20(12-8-18)25-24-26(28(35)32(27(24)34)22-5-3-2-4-6-22)36-31(25)17-23(33)30-16-15-19-9-13-21(29)14-10-19/h7-14,22,24-26H,2-6,15-17H2,1H3,(H,30,33). The van der Waals surface area contributed by atoms with Gasteiger partial charge in [-0.3, -0.25) is 24.1 Å². The number of halogens is 1. The van der Waals surface area contributed by atoms with Crippen molar-refractivity contribution < 1.29 is 23.6 Å². The summed E-state index contributed by atoms with van der Waals surface area (Å²) in [6.45, 7) is 2.27. The van der Waals surface area contributed by atoms with Crippen molar-refractivity contribution in [2.45, 2.75) is 63.6 Å². The first kappa shape index (κ1) is 24.6. The second kappa shape index (κ2) is 10.5. The van der Waals surface area contributed by atoms with Gasteiger partial charge in [-0.25, -0.2) is 4.39 Å². The minimum absolute atomic E-state index is 0.0603. The molecule has 2 heterocycles. The van der Waals surface area contributed by atoms with Crippen molar-refractivity contribution in [1.82, 2.24) is 15.3 Å². The average Bonchev–Trinajstić information content (AvgIpc) is 3.36. The van der Waals surface area contributed by atoms with Gasteiger partial charge in [-0.15, -0.1) is 0 Å². The molecule has 3 aliphatic rings. The first-order valence-electron chi connectivity index (χ1n) is 12.8. The summed E-state index contributed by atoms with van der Waals surface area (Å²) in [6, 6.07) is 13.4. The molecule has 0 bridgehead atoms. The van der Waals surface area contributed by atoms with Crippen LogP contribution in [0.25, 0.3) is 0 Å². The van der Waals surface area contributed by atoms with Gasteiger partial charge in [-0.05, 0) is 49.4 Å². The van der Waals surface area contributed by atoms with Gasteiger partial charge in [0.15, 0.2) is 6.10 Å². The van der Waals surface area contributed by atoms with E-state index in [4.69, 9.17) is 4.84 Å². The van der Waals surface area contributed by atoms with E-state index in [1.807, 2.05) is 31.2 Å². The third-order valence-electron chi connectivity index (χ3n) is 7.54. The lowest BCUT2D eigenvalue weighted by Crippen LogP contribution is -2.45. The fourth-order valence-electron chi connectivity index (χ4n) is 5.66. The van der Waals surface area contributed by atoms with Crippen LogP contribution < -0.4 is 5.32 Å². The molecule has 8 heteroatoms. The van der Waals surface area contributed by atoms with Crippen LogP contribution in [0.5, 0.6) is 0 Å². The van der Waals surface area contributed by atoms with Crippen molar-refractivity contribution >= 4 is 17.7 Å². The number of hydroxylamine groups is 2. The number of aryl methyl sites for hydroxylation is 1. The lowest BCUT2D eigenvalue weighted by Gasteiger charge is -2.32. The van der Waals surface area contributed by atoms with E-state index in [9.17, 15) is 18.8 Å². The van der Waals surface area contributed by atoms with E-state index in [-0.39, 0.29) is 36.1 Å². The number of amides is 3. The van der Waals surface area contributed by atoms with E-state index in [0.717, 1.165) is 48.8 Å². The van der Waals surface area contributed by atoms with Crippen molar-refractivity contribution in [3.05, 3.63) is 71.0 Å². The molecule has 2 aromatic carbocycles. The molecule has 190 valence electrons. The van der Waals surface area contributed by atoms with E-state index >= 15 is 0 Å². The van der Waals surface area contributed by atoms with E-state index in [1.165, 1.54) is 22.1 Å². The third kappa shape index (κ3) is 4.92. The molecular formula is C28H32FN3O4. The van der Waals surface area contributed by atoms with Gasteiger partial charge in [0.2, 0.25) is 11.8 Å². The van der Waals surface area contributed by atoms with Crippen LogP contribution in [0.4, 0.5) is 4.39 Å².